The first kappa shape index (κ1) is 17.4. The van der Waals surface area contributed by atoms with Gasteiger partial charge in [-0.1, -0.05) is 0 Å². The Morgan fingerprint density at radius 2 is 1.68 bits per heavy atom. The molecule has 0 aliphatic heterocycles. The first-order chi connectivity index (χ1) is 8.45. The summed E-state index contributed by atoms with van der Waals surface area (Å²) in [5.41, 5.74) is 6.51. The summed E-state index contributed by atoms with van der Waals surface area (Å²) in [7, 11) is 3.37. The van der Waals surface area contributed by atoms with Crippen LogP contribution in [0.3, 0.4) is 0 Å². The summed E-state index contributed by atoms with van der Waals surface area (Å²) >= 11 is 0. The lowest BCUT2D eigenvalue weighted by Gasteiger charge is -2.12. The van der Waals surface area contributed by atoms with Gasteiger partial charge in [0, 0.05) is 37.8 Å². The lowest BCUT2D eigenvalue weighted by molar-refractivity contribution is 0.0826. The highest BCUT2D eigenvalue weighted by molar-refractivity contribution is 5.97. The molecule has 0 heterocycles. The van der Waals surface area contributed by atoms with E-state index >= 15 is 0 Å². The Balaban J connectivity index is 0.00000324. The van der Waals surface area contributed by atoms with Crippen LogP contribution in [0.1, 0.15) is 27.6 Å². The maximum atomic E-state index is 11.8. The minimum Gasteiger partial charge on any atom is -0.348 e. The number of nitrogens with one attached hydrogen (secondary N) is 1. The van der Waals surface area contributed by atoms with Crippen LogP contribution in [0, 0.1) is 0 Å². The van der Waals surface area contributed by atoms with Crippen LogP contribution in [0.4, 0.5) is 0 Å². The zero-order valence-corrected chi connectivity index (χ0v) is 12.2. The molecule has 0 radical (unpaired) electrons. The SMILES string of the molecule is C[C@@H](CN)NC(=O)c1ccc(C(=O)N(C)C)cc1.Cl. The van der Waals surface area contributed by atoms with E-state index in [1.807, 2.05) is 6.92 Å². The number of halogens is 1. The molecule has 2 amide bonds. The van der Waals surface area contributed by atoms with Gasteiger partial charge in [0.1, 0.15) is 0 Å². The van der Waals surface area contributed by atoms with E-state index in [0.717, 1.165) is 0 Å². The van der Waals surface area contributed by atoms with Crippen molar-refractivity contribution < 1.29 is 9.59 Å². The number of carbonyl (C=O) groups is 2. The number of nitrogens with two attached hydrogens (primary N) is 1. The van der Waals surface area contributed by atoms with Gasteiger partial charge < -0.3 is 16.0 Å². The monoisotopic (exact) mass is 285 g/mol. The number of hydrogen-bond donors (Lipinski definition) is 2. The van der Waals surface area contributed by atoms with Crippen molar-refractivity contribution in [3.05, 3.63) is 35.4 Å². The molecule has 5 nitrogen and oxygen atoms in total. The molecule has 0 saturated carbocycles. The van der Waals surface area contributed by atoms with Gasteiger partial charge in [-0.05, 0) is 31.2 Å². The van der Waals surface area contributed by atoms with Crippen LogP contribution in [0.25, 0.3) is 0 Å². The molecule has 0 bridgehead atoms. The molecule has 0 aliphatic rings. The standard InChI is InChI=1S/C13H19N3O2.ClH/c1-9(8-14)15-12(17)10-4-6-11(7-5-10)13(18)16(2)3;/h4-7,9H,8,14H2,1-3H3,(H,15,17);1H/t9-;/m0./s1. The zero-order chi connectivity index (χ0) is 13.7. The van der Waals surface area contributed by atoms with Crippen LogP contribution in [-0.4, -0.2) is 43.4 Å². The average molecular weight is 286 g/mol. The van der Waals surface area contributed by atoms with E-state index < -0.39 is 0 Å². The Morgan fingerprint density at radius 1 is 1.21 bits per heavy atom. The molecule has 1 rings (SSSR count). The van der Waals surface area contributed by atoms with Gasteiger partial charge in [0.25, 0.3) is 11.8 Å². The van der Waals surface area contributed by atoms with Crippen LogP contribution >= 0.6 is 12.4 Å². The Hall–Kier alpha value is -1.59. The van der Waals surface area contributed by atoms with Crippen molar-refractivity contribution in [1.82, 2.24) is 10.2 Å². The van der Waals surface area contributed by atoms with Crippen molar-refractivity contribution in [2.24, 2.45) is 5.73 Å². The van der Waals surface area contributed by atoms with Crippen LogP contribution in [0.5, 0.6) is 0 Å². The molecule has 0 saturated heterocycles. The van der Waals surface area contributed by atoms with Crippen LogP contribution in [0.15, 0.2) is 24.3 Å². The summed E-state index contributed by atoms with van der Waals surface area (Å²) in [5.74, 6) is -0.269. The van der Waals surface area contributed by atoms with Crippen molar-refractivity contribution in [3.8, 4) is 0 Å². The molecule has 0 spiro atoms. The van der Waals surface area contributed by atoms with Gasteiger partial charge in [-0.3, -0.25) is 9.59 Å². The molecule has 0 aromatic heterocycles. The third-order valence-electron chi connectivity index (χ3n) is 2.53. The predicted molar refractivity (Wildman–Crippen MR) is 77.7 cm³/mol. The smallest absolute Gasteiger partial charge is 0.253 e. The molecule has 6 heteroatoms. The van der Waals surface area contributed by atoms with Gasteiger partial charge in [0.2, 0.25) is 0 Å². The molecule has 0 unspecified atom stereocenters. The summed E-state index contributed by atoms with van der Waals surface area (Å²) in [5, 5.41) is 2.76. The van der Waals surface area contributed by atoms with Crippen LogP contribution in [-0.2, 0) is 0 Å². The van der Waals surface area contributed by atoms with E-state index in [0.29, 0.717) is 17.7 Å². The Morgan fingerprint density at radius 3 is 2.11 bits per heavy atom. The van der Waals surface area contributed by atoms with Gasteiger partial charge >= 0.3 is 0 Å². The minimum absolute atomic E-state index is 0. The first-order valence-corrected chi connectivity index (χ1v) is 5.78. The normalized spacial score (nSPS) is 11.2. The van der Waals surface area contributed by atoms with E-state index in [1.165, 1.54) is 4.90 Å². The lowest BCUT2D eigenvalue weighted by atomic mass is 10.1. The maximum Gasteiger partial charge on any atom is 0.253 e. The molecule has 19 heavy (non-hydrogen) atoms. The Bertz CT molecular complexity index is 432. The number of hydrogen-bond acceptors (Lipinski definition) is 3. The van der Waals surface area contributed by atoms with E-state index in [2.05, 4.69) is 5.32 Å². The number of rotatable bonds is 4. The number of benzene rings is 1. The van der Waals surface area contributed by atoms with Gasteiger partial charge in [-0.25, -0.2) is 0 Å². The lowest BCUT2D eigenvalue weighted by Crippen LogP contribution is -2.37. The average Bonchev–Trinajstić information content (AvgIpc) is 2.37. The number of amides is 2. The minimum atomic E-state index is -0.184. The third kappa shape index (κ3) is 4.89. The zero-order valence-electron chi connectivity index (χ0n) is 11.3. The predicted octanol–water partition coefficient (Wildman–Crippen LogP) is 0.887. The molecule has 1 aromatic carbocycles. The second-order valence-corrected chi connectivity index (χ2v) is 4.39. The highest BCUT2D eigenvalue weighted by Crippen LogP contribution is 2.06. The second kappa shape index (κ2) is 7.76. The fourth-order valence-corrected chi connectivity index (χ4v) is 1.39. The number of nitrogens with zero attached hydrogens (tertiary/aromatic N) is 1. The molecule has 1 aromatic rings. The highest BCUT2D eigenvalue weighted by atomic mass is 35.5. The van der Waals surface area contributed by atoms with Crippen molar-refractivity contribution in [2.75, 3.05) is 20.6 Å². The second-order valence-electron chi connectivity index (χ2n) is 4.39. The highest BCUT2D eigenvalue weighted by Gasteiger charge is 2.11. The fraction of sp³-hybridized carbons (Fsp3) is 0.385. The van der Waals surface area contributed by atoms with E-state index in [-0.39, 0.29) is 30.3 Å². The summed E-state index contributed by atoms with van der Waals surface area (Å²) in [4.78, 5) is 24.9. The topological polar surface area (TPSA) is 75.4 Å². The van der Waals surface area contributed by atoms with Crippen molar-refractivity contribution in [1.29, 1.82) is 0 Å². The summed E-state index contributed by atoms with van der Waals surface area (Å²) < 4.78 is 0. The van der Waals surface area contributed by atoms with E-state index in [1.54, 1.807) is 38.4 Å². The largest absolute Gasteiger partial charge is 0.348 e. The van der Waals surface area contributed by atoms with E-state index in [9.17, 15) is 9.59 Å². The van der Waals surface area contributed by atoms with Crippen LogP contribution < -0.4 is 11.1 Å². The molecule has 0 fully saturated rings. The van der Waals surface area contributed by atoms with Gasteiger partial charge in [0.15, 0.2) is 0 Å². The fourth-order valence-electron chi connectivity index (χ4n) is 1.39. The van der Waals surface area contributed by atoms with Crippen molar-refractivity contribution >= 4 is 24.2 Å². The third-order valence-corrected chi connectivity index (χ3v) is 2.53. The molecular weight excluding hydrogens is 266 g/mol. The van der Waals surface area contributed by atoms with Gasteiger partial charge in [-0.15, -0.1) is 12.4 Å². The summed E-state index contributed by atoms with van der Waals surface area (Å²) in [6, 6.07) is 6.49. The molecule has 106 valence electrons. The summed E-state index contributed by atoms with van der Waals surface area (Å²) in [6.45, 7) is 2.23. The van der Waals surface area contributed by atoms with Crippen LogP contribution in [0.2, 0.25) is 0 Å². The maximum absolute atomic E-state index is 11.8. The molecule has 3 N–H and O–H groups in total. The molecular formula is C13H20ClN3O2. The Kier molecular flexibility index (Phi) is 7.11. The van der Waals surface area contributed by atoms with Crippen molar-refractivity contribution in [3.63, 3.8) is 0 Å². The quantitative estimate of drug-likeness (QED) is 0.862. The van der Waals surface area contributed by atoms with Gasteiger partial charge in [0.05, 0.1) is 0 Å². The van der Waals surface area contributed by atoms with E-state index in [4.69, 9.17) is 5.73 Å². The number of carbonyl (C=O) groups excluding carboxylic acids is 2. The van der Waals surface area contributed by atoms with Crippen molar-refractivity contribution in [2.45, 2.75) is 13.0 Å². The molecule has 1 atom stereocenters. The summed E-state index contributed by atoms with van der Waals surface area (Å²) in [6.07, 6.45) is 0. The first-order valence-electron chi connectivity index (χ1n) is 5.78. The van der Waals surface area contributed by atoms with Gasteiger partial charge in [-0.2, -0.15) is 0 Å². The Labute approximate surface area is 119 Å². The molecule has 0 aliphatic carbocycles.